The van der Waals surface area contributed by atoms with E-state index >= 15 is 0 Å². The third kappa shape index (κ3) is 6.58. The Morgan fingerprint density at radius 2 is 2.07 bits per heavy atom. The summed E-state index contributed by atoms with van der Waals surface area (Å²) < 4.78 is 14.4. The molecule has 1 fully saturated rings. The number of hydrogen-bond donors (Lipinski definition) is 4. The maximum Gasteiger partial charge on any atom is 0.352 e. The van der Waals surface area contributed by atoms with Crippen LogP contribution in [0.2, 0.25) is 0 Å². The second-order valence-electron chi connectivity index (χ2n) is 8.49. The van der Waals surface area contributed by atoms with Gasteiger partial charge in [0, 0.05) is 30.2 Å². The third-order valence-electron chi connectivity index (χ3n) is 5.75. The van der Waals surface area contributed by atoms with Gasteiger partial charge in [-0.05, 0) is 11.6 Å². The van der Waals surface area contributed by atoms with Gasteiger partial charge < -0.3 is 26.3 Å². The standard InChI is InChI=1S/C24H22FN7O7S2/c1-12(33)27-24-28-15(10-41-24)16(30-39-11-25)20(35)29-17-21(36)32-18(23(37)38)14(9-40-22(17)32)3-2-6-31-7-4-13(5-8-31)19(26)34/h2-5,7-8,10,17,22H,6,9,11H2,1H3,(H4-,26,27,28,29,33,34,35,37,38)/p+1/t17-,22+/m1/s1. The molecule has 0 bridgehead atoms. The zero-order chi connectivity index (χ0) is 29.7. The van der Waals surface area contributed by atoms with Gasteiger partial charge >= 0.3 is 5.97 Å². The Morgan fingerprint density at radius 1 is 1.34 bits per heavy atom. The number of halogens is 1. The van der Waals surface area contributed by atoms with Crippen molar-refractivity contribution < 1.29 is 42.9 Å². The van der Waals surface area contributed by atoms with Crippen LogP contribution in [0.1, 0.15) is 23.0 Å². The number of carboxylic acid groups (broad SMARTS) is 1. The van der Waals surface area contributed by atoms with E-state index in [-0.39, 0.29) is 22.3 Å². The Labute approximate surface area is 239 Å². The number of carbonyl (C=O) groups excluding carboxylic acids is 4. The summed E-state index contributed by atoms with van der Waals surface area (Å²) in [6, 6.07) is 2.03. The summed E-state index contributed by atoms with van der Waals surface area (Å²) in [7, 11) is 0. The first kappa shape index (κ1) is 29.3. The van der Waals surface area contributed by atoms with Crippen LogP contribution in [-0.4, -0.2) is 74.3 Å². The van der Waals surface area contributed by atoms with Gasteiger partial charge in [0.1, 0.15) is 22.8 Å². The smallest absolute Gasteiger partial charge is 0.352 e. The number of amides is 4. The topological polar surface area (TPSA) is 197 Å². The van der Waals surface area contributed by atoms with Crippen molar-refractivity contribution in [3.05, 3.63) is 64.6 Å². The molecular formula is C24H23FN7O7S2+. The lowest BCUT2D eigenvalue weighted by Crippen LogP contribution is -2.71. The number of nitrogens with zero attached hydrogens (tertiary/aromatic N) is 4. The minimum atomic E-state index is -1.33. The second-order valence-corrected chi connectivity index (χ2v) is 10.5. The molecule has 5 N–H and O–H groups in total. The Balaban J connectivity index is 1.47. The predicted molar refractivity (Wildman–Crippen MR) is 144 cm³/mol. The van der Waals surface area contributed by atoms with Crippen LogP contribution in [0.3, 0.4) is 0 Å². The Kier molecular flexibility index (Phi) is 9.08. The van der Waals surface area contributed by atoms with Crippen LogP contribution in [0.4, 0.5) is 9.52 Å². The summed E-state index contributed by atoms with van der Waals surface area (Å²) in [6.45, 7) is 0.310. The molecule has 2 aromatic heterocycles. The van der Waals surface area contributed by atoms with Crippen molar-refractivity contribution in [2.45, 2.75) is 24.9 Å². The molecule has 0 radical (unpaired) electrons. The number of anilines is 1. The van der Waals surface area contributed by atoms with Gasteiger partial charge in [0.2, 0.25) is 11.8 Å². The molecule has 0 saturated carbocycles. The van der Waals surface area contributed by atoms with E-state index in [4.69, 9.17) is 5.73 Å². The van der Waals surface area contributed by atoms with E-state index in [1.165, 1.54) is 24.1 Å². The highest BCUT2D eigenvalue weighted by molar-refractivity contribution is 8.00. The van der Waals surface area contributed by atoms with E-state index in [0.717, 1.165) is 16.2 Å². The number of oxime groups is 1. The van der Waals surface area contributed by atoms with Crippen molar-refractivity contribution in [2.24, 2.45) is 10.9 Å². The van der Waals surface area contributed by atoms with Gasteiger partial charge in [0.15, 0.2) is 29.8 Å². The summed E-state index contributed by atoms with van der Waals surface area (Å²) in [6.07, 6.45) is 6.62. The monoisotopic (exact) mass is 604 g/mol. The predicted octanol–water partition coefficient (Wildman–Crippen LogP) is 0.131. The number of aromatic nitrogens is 2. The number of β-lactam (4-membered cyclic amide) rings is 1. The molecule has 4 heterocycles. The van der Waals surface area contributed by atoms with E-state index in [9.17, 15) is 33.5 Å². The molecule has 0 aliphatic carbocycles. The number of nitrogens with two attached hydrogens (primary N) is 1. The minimum absolute atomic E-state index is 0.0229. The number of fused-ring (bicyclic) bond motifs is 1. The number of alkyl halides is 1. The van der Waals surface area contributed by atoms with Crippen LogP contribution in [0, 0.1) is 0 Å². The van der Waals surface area contributed by atoms with E-state index in [0.29, 0.717) is 17.7 Å². The van der Waals surface area contributed by atoms with Gasteiger partial charge in [-0.1, -0.05) is 11.2 Å². The molecule has 17 heteroatoms. The number of thiazole rings is 1. The first-order valence-corrected chi connectivity index (χ1v) is 13.7. The molecule has 1 saturated heterocycles. The van der Waals surface area contributed by atoms with Crippen molar-refractivity contribution in [3.8, 4) is 0 Å². The van der Waals surface area contributed by atoms with Crippen molar-refractivity contribution in [1.29, 1.82) is 0 Å². The highest BCUT2D eigenvalue weighted by Crippen LogP contribution is 2.40. The average Bonchev–Trinajstić information content (AvgIpc) is 3.38. The van der Waals surface area contributed by atoms with Gasteiger partial charge in [-0.15, -0.1) is 23.1 Å². The number of carbonyl (C=O) groups is 5. The zero-order valence-corrected chi connectivity index (χ0v) is 22.9. The van der Waals surface area contributed by atoms with Crippen LogP contribution in [-0.2, 0) is 30.6 Å². The Morgan fingerprint density at radius 3 is 2.71 bits per heavy atom. The number of carboxylic acids is 1. The van der Waals surface area contributed by atoms with Gasteiger partial charge in [0.25, 0.3) is 18.7 Å². The first-order valence-electron chi connectivity index (χ1n) is 11.8. The summed E-state index contributed by atoms with van der Waals surface area (Å²) in [5.74, 6) is -3.57. The van der Waals surface area contributed by atoms with Gasteiger partial charge in [-0.25, -0.2) is 18.7 Å². The Hall–Kier alpha value is -4.64. The molecule has 2 aromatic rings. The summed E-state index contributed by atoms with van der Waals surface area (Å²) in [4.78, 5) is 70.2. The van der Waals surface area contributed by atoms with E-state index in [1.54, 1.807) is 41.2 Å². The number of primary amides is 1. The third-order valence-corrected chi connectivity index (χ3v) is 7.81. The van der Waals surface area contributed by atoms with Crippen LogP contribution < -0.4 is 20.9 Å². The van der Waals surface area contributed by atoms with E-state index < -0.39 is 53.6 Å². The fourth-order valence-electron chi connectivity index (χ4n) is 3.92. The SMILES string of the molecule is CC(=O)Nc1nc(C(=NOCF)C(=O)N[C@@H]2C(=O)N3C(C(=O)O)=C(C=CC[n+]4ccc(C(N)=O)cc4)CS[C@@H]23)cs1. The van der Waals surface area contributed by atoms with Crippen LogP contribution in [0.25, 0.3) is 0 Å². The Bertz CT molecular complexity index is 1490. The van der Waals surface area contributed by atoms with Crippen molar-refractivity contribution in [1.82, 2.24) is 15.2 Å². The average molecular weight is 605 g/mol. The van der Waals surface area contributed by atoms with Crippen molar-refractivity contribution in [2.75, 3.05) is 17.9 Å². The molecule has 0 spiro atoms. The van der Waals surface area contributed by atoms with Gasteiger partial charge in [0.05, 0.1) is 5.56 Å². The highest BCUT2D eigenvalue weighted by Gasteiger charge is 2.54. The molecule has 4 rings (SSSR count). The molecule has 214 valence electrons. The molecule has 2 aliphatic heterocycles. The quantitative estimate of drug-likeness (QED) is 0.119. The number of aliphatic carboxylic acids is 1. The lowest BCUT2D eigenvalue weighted by atomic mass is 10.0. The largest absolute Gasteiger partial charge is 0.477 e. The molecule has 0 aromatic carbocycles. The summed E-state index contributed by atoms with van der Waals surface area (Å²) >= 11 is 2.25. The molecule has 41 heavy (non-hydrogen) atoms. The number of nitrogens with one attached hydrogen (secondary N) is 2. The maximum atomic E-state index is 13.0. The normalized spacial score (nSPS) is 18.5. The zero-order valence-electron chi connectivity index (χ0n) is 21.3. The number of hydrogen-bond acceptors (Lipinski definition) is 10. The van der Waals surface area contributed by atoms with Crippen LogP contribution in [0.5, 0.6) is 0 Å². The molecule has 2 aliphatic rings. The lowest BCUT2D eigenvalue weighted by Gasteiger charge is -2.49. The minimum Gasteiger partial charge on any atom is -0.477 e. The summed E-state index contributed by atoms with van der Waals surface area (Å²) in [5.41, 5.74) is 5.33. The summed E-state index contributed by atoms with van der Waals surface area (Å²) in [5, 5.41) is 19.1. The highest BCUT2D eigenvalue weighted by atomic mass is 32.2. The molecule has 2 atom stereocenters. The van der Waals surface area contributed by atoms with Gasteiger partial charge in [-0.3, -0.25) is 24.1 Å². The van der Waals surface area contributed by atoms with E-state index in [2.05, 4.69) is 25.6 Å². The molecule has 14 nitrogen and oxygen atoms in total. The van der Waals surface area contributed by atoms with Crippen molar-refractivity contribution in [3.63, 3.8) is 0 Å². The fourth-order valence-corrected chi connectivity index (χ4v) is 5.98. The number of allylic oxidation sites excluding steroid dienone is 2. The maximum absolute atomic E-state index is 13.0. The van der Waals surface area contributed by atoms with Crippen molar-refractivity contribution >= 4 is 63.5 Å². The molecule has 0 unspecified atom stereocenters. The fraction of sp³-hybridized carbons (Fsp3) is 0.250. The lowest BCUT2D eigenvalue weighted by molar-refractivity contribution is -0.687. The molecule has 4 amide bonds. The number of rotatable bonds is 11. The van der Waals surface area contributed by atoms with Gasteiger partial charge in [-0.2, -0.15) is 0 Å². The first-order chi connectivity index (χ1) is 19.6. The molecular weight excluding hydrogens is 581 g/mol. The number of pyridine rings is 1. The van der Waals surface area contributed by atoms with Crippen LogP contribution in [0.15, 0.2) is 58.5 Å². The number of thioether (sulfide) groups is 1. The van der Waals surface area contributed by atoms with E-state index in [1.807, 2.05) is 0 Å². The second kappa shape index (κ2) is 12.7. The van der Waals surface area contributed by atoms with Crippen LogP contribution >= 0.6 is 23.1 Å².